The zero-order valence-electron chi connectivity index (χ0n) is 13.4. The van der Waals surface area contributed by atoms with Crippen molar-refractivity contribution in [2.75, 3.05) is 7.11 Å². The van der Waals surface area contributed by atoms with Crippen LogP contribution in [0.2, 0.25) is 0 Å². The minimum Gasteiger partial charge on any atom is -0.508 e. The van der Waals surface area contributed by atoms with Crippen LogP contribution in [0.5, 0.6) is 11.5 Å². The van der Waals surface area contributed by atoms with E-state index in [9.17, 15) is 9.90 Å². The van der Waals surface area contributed by atoms with Crippen LogP contribution >= 0.6 is 0 Å². The Bertz CT molecular complexity index is 617. The summed E-state index contributed by atoms with van der Waals surface area (Å²) in [6, 6.07) is 5.44. The maximum atomic E-state index is 11.7. The molecule has 3 nitrogen and oxygen atoms in total. The Balaban J connectivity index is 1.94. The Kier molecular flexibility index (Phi) is 3.98. The van der Waals surface area contributed by atoms with Crippen LogP contribution in [-0.4, -0.2) is 18.0 Å². The first-order chi connectivity index (χ1) is 10.5. The van der Waals surface area contributed by atoms with E-state index in [4.69, 9.17) is 4.74 Å². The Morgan fingerprint density at radius 1 is 1.36 bits per heavy atom. The van der Waals surface area contributed by atoms with Crippen LogP contribution in [0.3, 0.4) is 0 Å². The lowest BCUT2D eigenvalue weighted by molar-refractivity contribution is -0.115. The second kappa shape index (κ2) is 5.79. The van der Waals surface area contributed by atoms with Crippen molar-refractivity contribution in [1.29, 1.82) is 0 Å². The fraction of sp³-hybridized carbons (Fsp3) is 0.526. The smallest absolute Gasteiger partial charge is 0.155 e. The number of hydrogen-bond donors (Lipinski definition) is 1. The molecule has 1 aromatic rings. The predicted molar refractivity (Wildman–Crippen MR) is 86.1 cm³/mol. The molecule has 1 N–H and O–H groups in total. The minimum atomic E-state index is 0.0803. The minimum absolute atomic E-state index is 0.0803. The van der Waals surface area contributed by atoms with E-state index in [-0.39, 0.29) is 11.2 Å². The molecule has 2 unspecified atom stereocenters. The van der Waals surface area contributed by atoms with Gasteiger partial charge in [-0.3, -0.25) is 4.79 Å². The van der Waals surface area contributed by atoms with Crippen LogP contribution in [0.25, 0.3) is 0 Å². The van der Waals surface area contributed by atoms with Gasteiger partial charge in [-0.1, -0.05) is 18.6 Å². The van der Waals surface area contributed by atoms with Crippen molar-refractivity contribution < 1.29 is 14.6 Å². The number of ketones is 1. The predicted octanol–water partition coefficient (Wildman–Crippen LogP) is 4.04. The van der Waals surface area contributed by atoms with Gasteiger partial charge in [0.2, 0.25) is 0 Å². The lowest BCUT2D eigenvalue weighted by Crippen LogP contribution is -2.37. The van der Waals surface area contributed by atoms with Crippen LogP contribution in [0.1, 0.15) is 44.6 Å². The third-order valence-electron chi connectivity index (χ3n) is 5.44. The number of methoxy groups -OCH3 is 1. The number of carbonyl (C=O) groups is 1. The molecule has 3 heteroatoms. The molecular weight excluding hydrogens is 276 g/mol. The summed E-state index contributed by atoms with van der Waals surface area (Å²) in [4.78, 5) is 11.7. The summed E-state index contributed by atoms with van der Waals surface area (Å²) >= 11 is 0. The van der Waals surface area contributed by atoms with E-state index in [2.05, 4.69) is 6.92 Å². The fourth-order valence-corrected chi connectivity index (χ4v) is 4.30. The molecule has 1 fully saturated rings. The highest BCUT2D eigenvalue weighted by Crippen LogP contribution is 2.51. The first-order valence-electron chi connectivity index (χ1n) is 8.11. The number of ether oxygens (including phenoxy) is 1. The van der Waals surface area contributed by atoms with Crippen LogP contribution in [0, 0.1) is 11.3 Å². The molecule has 22 heavy (non-hydrogen) atoms. The zero-order chi connectivity index (χ0) is 15.7. The summed E-state index contributed by atoms with van der Waals surface area (Å²) in [6.07, 6.45) is 7.55. The molecule has 2 aliphatic carbocycles. The molecule has 0 heterocycles. The van der Waals surface area contributed by atoms with Gasteiger partial charge in [-0.15, -0.1) is 0 Å². The zero-order valence-corrected chi connectivity index (χ0v) is 13.4. The Labute approximate surface area is 132 Å². The number of carbonyl (C=O) groups excluding carboxylic acids is 1. The molecule has 2 atom stereocenters. The molecule has 0 aromatic heterocycles. The van der Waals surface area contributed by atoms with E-state index in [1.54, 1.807) is 13.2 Å². The molecule has 0 aliphatic heterocycles. The van der Waals surface area contributed by atoms with Gasteiger partial charge in [-0.05, 0) is 61.6 Å². The number of benzene rings is 1. The highest BCUT2D eigenvalue weighted by atomic mass is 16.5. The maximum absolute atomic E-state index is 11.7. The lowest BCUT2D eigenvalue weighted by Gasteiger charge is -2.45. The first kappa shape index (κ1) is 15.1. The van der Waals surface area contributed by atoms with Crippen LogP contribution in [-0.2, 0) is 11.2 Å². The van der Waals surface area contributed by atoms with Gasteiger partial charge in [-0.2, -0.15) is 0 Å². The summed E-state index contributed by atoms with van der Waals surface area (Å²) in [5, 5.41) is 10.3. The average molecular weight is 300 g/mol. The summed E-state index contributed by atoms with van der Waals surface area (Å²) in [7, 11) is 1.64. The molecule has 0 spiro atoms. The molecule has 0 bridgehead atoms. The number of aromatic hydroxyl groups is 1. The highest BCUT2D eigenvalue weighted by Gasteiger charge is 2.41. The number of rotatable bonds is 3. The largest absolute Gasteiger partial charge is 0.508 e. The SMILES string of the molecule is COc1cccc(O)c1CC1(C)CCCC2=CC(=O)CCC21. The summed E-state index contributed by atoms with van der Waals surface area (Å²) in [5.74, 6) is 1.78. The van der Waals surface area contributed by atoms with Crippen molar-refractivity contribution in [2.45, 2.75) is 45.4 Å². The Morgan fingerprint density at radius 3 is 2.95 bits per heavy atom. The molecular formula is C19H24O3. The van der Waals surface area contributed by atoms with Crippen molar-refractivity contribution in [3.63, 3.8) is 0 Å². The van der Waals surface area contributed by atoms with E-state index >= 15 is 0 Å². The van der Waals surface area contributed by atoms with Crippen LogP contribution in [0.15, 0.2) is 29.8 Å². The normalized spacial score (nSPS) is 28.0. The Hall–Kier alpha value is -1.77. The molecule has 1 saturated carbocycles. The summed E-state index contributed by atoms with van der Waals surface area (Å²) in [5.41, 5.74) is 2.29. The Morgan fingerprint density at radius 2 is 2.18 bits per heavy atom. The van der Waals surface area contributed by atoms with E-state index in [1.165, 1.54) is 5.57 Å². The maximum Gasteiger partial charge on any atom is 0.155 e. The third-order valence-corrected chi connectivity index (χ3v) is 5.44. The topological polar surface area (TPSA) is 46.5 Å². The molecule has 1 aromatic carbocycles. The quantitative estimate of drug-likeness (QED) is 0.916. The van der Waals surface area contributed by atoms with Gasteiger partial charge in [0.15, 0.2) is 5.78 Å². The average Bonchev–Trinajstić information content (AvgIpc) is 2.49. The van der Waals surface area contributed by atoms with Crippen LogP contribution < -0.4 is 4.74 Å². The van der Waals surface area contributed by atoms with Crippen LogP contribution in [0.4, 0.5) is 0 Å². The number of allylic oxidation sites excluding steroid dienone is 2. The highest BCUT2D eigenvalue weighted by molar-refractivity contribution is 5.91. The summed E-state index contributed by atoms with van der Waals surface area (Å²) in [6.45, 7) is 2.30. The molecule has 0 radical (unpaired) electrons. The van der Waals surface area contributed by atoms with E-state index in [0.717, 1.165) is 43.4 Å². The number of phenolic OH excluding ortho intramolecular Hbond substituents is 1. The van der Waals surface area contributed by atoms with Gasteiger partial charge in [0.1, 0.15) is 11.5 Å². The molecule has 0 amide bonds. The second-order valence-corrected chi connectivity index (χ2v) is 6.92. The second-order valence-electron chi connectivity index (χ2n) is 6.92. The van der Waals surface area contributed by atoms with Gasteiger partial charge in [0.25, 0.3) is 0 Å². The monoisotopic (exact) mass is 300 g/mol. The molecule has 0 saturated heterocycles. The fourth-order valence-electron chi connectivity index (χ4n) is 4.30. The molecule has 3 rings (SSSR count). The first-order valence-corrected chi connectivity index (χ1v) is 8.11. The molecule has 118 valence electrons. The summed E-state index contributed by atoms with van der Waals surface area (Å²) < 4.78 is 5.44. The number of fused-ring (bicyclic) bond motifs is 1. The standard InChI is InChI=1S/C19H24O3/c1-19(12-15-17(21)6-3-7-18(15)22-2)10-4-5-13-11-14(20)8-9-16(13)19/h3,6-7,11,16,21H,4-5,8-10,12H2,1-2H3. The van der Waals surface area contributed by atoms with Crippen molar-refractivity contribution in [3.8, 4) is 11.5 Å². The van der Waals surface area contributed by atoms with Gasteiger partial charge >= 0.3 is 0 Å². The third kappa shape index (κ3) is 2.65. The van der Waals surface area contributed by atoms with Gasteiger partial charge in [-0.25, -0.2) is 0 Å². The van der Waals surface area contributed by atoms with Crippen molar-refractivity contribution in [3.05, 3.63) is 35.4 Å². The van der Waals surface area contributed by atoms with Gasteiger partial charge in [0, 0.05) is 12.0 Å². The lowest BCUT2D eigenvalue weighted by atomic mass is 9.59. The van der Waals surface area contributed by atoms with Crippen molar-refractivity contribution in [2.24, 2.45) is 11.3 Å². The van der Waals surface area contributed by atoms with Gasteiger partial charge < -0.3 is 9.84 Å². The van der Waals surface area contributed by atoms with Crippen molar-refractivity contribution in [1.82, 2.24) is 0 Å². The van der Waals surface area contributed by atoms with E-state index < -0.39 is 0 Å². The van der Waals surface area contributed by atoms with Crippen molar-refractivity contribution >= 4 is 5.78 Å². The number of phenols is 1. The van der Waals surface area contributed by atoms with Gasteiger partial charge in [0.05, 0.1) is 7.11 Å². The molecule has 2 aliphatic rings. The number of hydrogen-bond acceptors (Lipinski definition) is 3. The van der Waals surface area contributed by atoms with E-state index in [1.807, 2.05) is 18.2 Å². The van der Waals surface area contributed by atoms with E-state index in [0.29, 0.717) is 18.1 Å².